The highest BCUT2D eigenvalue weighted by molar-refractivity contribution is 7.80. The Bertz CT molecular complexity index is 557. The van der Waals surface area contributed by atoms with Crippen molar-refractivity contribution >= 4 is 29.0 Å². The van der Waals surface area contributed by atoms with Crippen LogP contribution in [0.3, 0.4) is 0 Å². The molecular formula is C15H19N3O2S. The van der Waals surface area contributed by atoms with E-state index in [0.717, 1.165) is 17.5 Å². The van der Waals surface area contributed by atoms with Gasteiger partial charge in [-0.2, -0.15) is 0 Å². The Labute approximate surface area is 129 Å². The van der Waals surface area contributed by atoms with Crippen molar-refractivity contribution in [2.24, 2.45) is 5.73 Å². The smallest absolute Gasteiger partial charge is 0.241 e. The summed E-state index contributed by atoms with van der Waals surface area (Å²) < 4.78 is 0. The average Bonchev–Trinajstić information content (AvgIpc) is 2.62. The van der Waals surface area contributed by atoms with Crippen LogP contribution in [-0.2, 0) is 16.0 Å². The Morgan fingerprint density at radius 2 is 1.95 bits per heavy atom. The zero-order chi connectivity index (χ0) is 15.4. The highest BCUT2D eigenvalue weighted by Gasteiger charge is 2.22. The summed E-state index contributed by atoms with van der Waals surface area (Å²) in [6.45, 7) is 1.49. The summed E-state index contributed by atoms with van der Waals surface area (Å²) in [6, 6.07) is 7.31. The van der Waals surface area contributed by atoms with Crippen LogP contribution in [0, 0.1) is 0 Å². The molecule has 0 unspecified atom stereocenters. The van der Waals surface area contributed by atoms with Gasteiger partial charge in [-0.05, 0) is 12.0 Å². The minimum Gasteiger partial charge on any atom is -0.389 e. The molecule has 1 heterocycles. The highest BCUT2D eigenvalue weighted by atomic mass is 32.1. The summed E-state index contributed by atoms with van der Waals surface area (Å²) >= 11 is 4.90. The van der Waals surface area contributed by atoms with E-state index in [0.29, 0.717) is 18.1 Å². The SMILES string of the molecule is CN1CCCN(C(=O)Cc2ccc(C(N)=S)cc2)CC1=O. The standard InChI is InChI=1S/C15H19N3O2S/c1-17-7-2-8-18(10-14(17)20)13(19)9-11-3-5-12(6-4-11)15(16)21/h3-6H,2,7-10H2,1H3,(H2,16,21). The maximum Gasteiger partial charge on any atom is 0.241 e. The van der Waals surface area contributed by atoms with Gasteiger partial charge in [-0.3, -0.25) is 9.59 Å². The minimum atomic E-state index is -0.0262. The van der Waals surface area contributed by atoms with E-state index in [4.69, 9.17) is 18.0 Å². The number of carbonyl (C=O) groups excluding carboxylic acids is 2. The monoisotopic (exact) mass is 305 g/mol. The van der Waals surface area contributed by atoms with Gasteiger partial charge in [0.05, 0.1) is 13.0 Å². The molecule has 1 aromatic rings. The highest BCUT2D eigenvalue weighted by Crippen LogP contribution is 2.09. The van der Waals surface area contributed by atoms with Gasteiger partial charge in [0.15, 0.2) is 0 Å². The van der Waals surface area contributed by atoms with Crippen LogP contribution in [0.2, 0.25) is 0 Å². The number of likely N-dealkylation sites (N-methyl/N-ethyl adjacent to an activating group) is 1. The van der Waals surface area contributed by atoms with Gasteiger partial charge in [0.25, 0.3) is 0 Å². The van der Waals surface area contributed by atoms with Crippen LogP contribution < -0.4 is 5.73 Å². The van der Waals surface area contributed by atoms with Crippen molar-refractivity contribution in [1.82, 2.24) is 9.80 Å². The summed E-state index contributed by atoms with van der Waals surface area (Å²) in [5.41, 5.74) is 7.22. The zero-order valence-electron chi connectivity index (χ0n) is 12.0. The van der Waals surface area contributed by atoms with Crippen molar-refractivity contribution in [3.63, 3.8) is 0 Å². The number of hydrogen-bond acceptors (Lipinski definition) is 3. The second-order valence-electron chi connectivity index (χ2n) is 5.22. The van der Waals surface area contributed by atoms with E-state index in [9.17, 15) is 9.59 Å². The van der Waals surface area contributed by atoms with E-state index in [1.165, 1.54) is 0 Å². The number of amides is 2. The van der Waals surface area contributed by atoms with Crippen LogP contribution in [0.1, 0.15) is 17.5 Å². The summed E-state index contributed by atoms with van der Waals surface area (Å²) in [7, 11) is 1.77. The molecule has 0 saturated carbocycles. The second-order valence-corrected chi connectivity index (χ2v) is 5.66. The molecule has 1 aromatic carbocycles. The van der Waals surface area contributed by atoms with Gasteiger partial charge in [0.2, 0.25) is 11.8 Å². The van der Waals surface area contributed by atoms with Crippen LogP contribution >= 0.6 is 12.2 Å². The van der Waals surface area contributed by atoms with E-state index < -0.39 is 0 Å². The molecule has 0 radical (unpaired) electrons. The van der Waals surface area contributed by atoms with Crippen molar-refractivity contribution in [3.05, 3.63) is 35.4 Å². The van der Waals surface area contributed by atoms with Gasteiger partial charge in [0.1, 0.15) is 4.99 Å². The first-order valence-corrected chi connectivity index (χ1v) is 7.28. The molecule has 1 aliphatic heterocycles. The van der Waals surface area contributed by atoms with Crippen LogP contribution in [0.5, 0.6) is 0 Å². The van der Waals surface area contributed by atoms with Crippen LogP contribution in [-0.4, -0.2) is 53.3 Å². The first-order valence-electron chi connectivity index (χ1n) is 6.88. The normalized spacial score (nSPS) is 15.8. The molecule has 0 bridgehead atoms. The van der Waals surface area contributed by atoms with Crippen molar-refractivity contribution in [2.75, 3.05) is 26.7 Å². The third-order valence-electron chi connectivity index (χ3n) is 3.62. The van der Waals surface area contributed by atoms with Crippen LogP contribution in [0.25, 0.3) is 0 Å². The van der Waals surface area contributed by atoms with Gasteiger partial charge in [0, 0.05) is 25.7 Å². The molecule has 112 valence electrons. The second kappa shape index (κ2) is 6.67. The molecule has 0 spiro atoms. The van der Waals surface area contributed by atoms with Gasteiger partial charge in [-0.15, -0.1) is 0 Å². The average molecular weight is 305 g/mol. The lowest BCUT2D eigenvalue weighted by atomic mass is 10.1. The molecule has 21 heavy (non-hydrogen) atoms. The minimum absolute atomic E-state index is 0.00956. The number of carbonyl (C=O) groups is 2. The topological polar surface area (TPSA) is 66.6 Å². The van der Waals surface area contributed by atoms with Crippen molar-refractivity contribution in [2.45, 2.75) is 12.8 Å². The van der Waals surface area contributed by atoms with Crippen molar-refractivity contribution in [3.8, 4) is 0 Å². The quantitative estimate of drug-likeness (QED) is 0.829. The molecule has 2 amide bonds. The summed E-state index contributed by atoms with van der Waals surface area (Å²) in [4.78, 5) is 27.7. The summed E-state index contributed by atoms with van der Waals surface area (Å²) in [5.74, 6) is -0.0357. The molecule has 2 N–H and O–H groups in total. The Kier molecular flexibility index (Phi) is 4.90. The molecule has 0 aromatic heterocycles. The molecule has 5 nitrogen and oxygen atoms in total. The van der Waals surface area contributed by atoms with Gasteiger partial charge >= 0.3 is 0 Å². The predicted octanol–water partition coefficient (Wildman–Crippen LogP) is 0.554. The lowest BCUT2D eigenvalue weighted by Crippen LogP contribution is -2.38. The van der Waals surface area contributed by atoms with Crippen LogP contribution in [0.15, 0.2) is 24.3 Å². The molecule has 2 rings (SSSR count). The molecule has 1 fully saturated rings. The number of nitrogens with two attached hydrogens (primary N) is 1. The van der Waals surface area contributed by atoms with Gasteiger partial charge < -0.3 is 15.5 Å². The number of hydrogen-bond donors (Lipinski definition) is 1. The third kappa shape index (κ3) is 4.01. The fraction of sp³-hybridized carbons (Fsp3) is 0.400. The lowest BCUT2D eigenvalue weighted by Gasteiger charge is -2.19. The third-order valence-corrected chi connectivity index (χ3v) is 3.86. The fourth-order valence-corrected chi connectivity index (χ4v) is 2.41. The van der Waals surface area contributed by atoms with Crippen molar-refractivity contribution in [1.29, 1.82) is 0 Å². The van der Waals surface area contributed by atoms with Crippen LogP contribution in [0.4, 0.5) is 0 Å². The Hall–Kier alpha value is -1.95. The lowest BCUT2D eigenvalue weighted by molar-refractivity contribution is -0.137. The first kappa shape index (κ1) is 15.4. The van der Waals surface area contributed by atoms with E-state index in [1.54, 1.807) is 16.8 Å². The Balaban J connectivity index is 2.00. The molecule has 0 aliphatic carbocycles. The van der Waals surface area contributed by atoms with Gasteiger partial charge in [-0.25, -0.2) is 0 Å². The maximum atomic E-state index is 12.3. The molecule has 0 atom stereocenters. The van der Waals surface area contributed by atoms with E-state index in [2.05, 4.69) is 0 Å². The van der Waals surface area contributed by atoms with Crippen molar-refractivity contribution < 1.29 is 9.59 Å². The number of benzene rings is 1. The number of nitrogens with zero attached hydrogens (tertiary/aromatic N) is 2. The number of rotatable bonds is 3. The first-order chi connectivity index (χ1) is 9.97. The fourth-order valence-electron chi connectivity index (χ4n) is 2.27. The Morgan fingerprint density at radius 1 is 1.29 bits per heavy atom. The largest absolute Gasteiger partial charge is 0.389 e. The van der Waals surface area contributed by atoms with E-state index in [1.807, 2.05) is 24.3 Å². The molecule has 6 heteroatoms. The molecule has 1 aliphatic rings. The molecule has 1 saturated heterocycles. The summed E-state index contributed by atoms with van der Waals surface area (Å²) in [6.07, 6.45) is 1.10. The van der Waals surface area contributed by atoms with E-state index >= 15 is 0 Å². The zero-order valence-corrected chi connectivity index (χ0v) is 12.9. The summed E-state index contributed by atoms with van der Waals surface area (Å²) in [5, 5.41) is 0. The number of thiocarbonyl (C=S) groups is 1. The Morgan fingerprint density at radius 3 is 2.57 bits per heavy atom. The van der Waals surface area contributed by atoms with Gasteiger partial charge in [-0.1, -0.05) is 36.5 Å². The predicted molar refractivity (Wildman–Crippen MR) is 84.9 cm³/mol. The maximum absolute atomic E-state index is 12.3. The molecular weight excluding hydrogens is 286 g/mol. The van der Waals surface area contributed by atoms with E-state index in [-0.39, 0.29) is 24.8 Å².